The summed E-state index contributed by atoms with van der Waals surface area (Å²) >= 11 is 0. The van der Waals surface area contributed by atoms with E-state index in [2.05, 4.69) is 20.3 Å². The fourth-order valence-electron chi connectivity index (χ4n) is 2.35. The first-order valence-corrected chi connectivity index (χ1v) is 8.20. The van der Waals surface area contributed by atoms with Crippen LogP contribution in [0.5, 0.6) is 0 Å². The highest BCUT2D eigenvalue weighted by atomic mass is 19.4. The molecule has 0 saturated heterocycles. The van der Waals surface area contributed by atoms with Crippen LogP contribution in [0.15, 0.2) is 5.83 Å². The van der Waals surface area contributed by atoms with Crippen LogP contribution in [0.25, 0.3) is 5.57 Å². The molecule has 0 spiro atoms. The second-order valence-electron chi connectivity index (χ2n) is 6.10. The summed E-state index contributed by atoms with van der Waals surface area (Å²) in [6.45, 7) is -1.41. The van der Waals surface area contributed by atoms with Gasteiger partial charge < -0.3 is 15.7 Å². The predicted octanol–water partition coefficient (Wildman–Crippen LogP) is 3.18. The fourth-order valence-corrected chi connectivity index (χ4v) is 2.35. The molecule has 1 aliphatic rings. The fraction of sp³-hybridized carbons (Fsp3) is 0.667. The Morgan fingerprint density at radius 1 is 1.11 bits per heavy atom. The van der Waals surface area contributed by atoms with Gasteiger partial charge in [-0.25, -0.2) is 13.2 Å². The molecule has 0 aromatic carbocycles. The number of nitrogens with one attached hydrogen (secondary N) is 2. The van der Waals surface area contributed by atoms with Gasteiger partial charge in [0.05, 0.1) is 6.04 Å². The van der Waals surface area contributed by atoms with E-state index < -0.39 is 55.4 Å². The maximum atomic E-state index is 14.2. The number of hydrogen-bond acceptors (Lipinski definition) is 6. The Bertz CT molecular complexity index is 679. The molecule has 1 aromatic rings. The number of anilines is 2. The van der Waals surface area contributed by atoms with E-state index in [9.17, 15) is 31.4 Å². The number of aliphatic hydroxyl groups is 1. The monoisotopic (exact) mass is 399 g/mol. The largest absolute Gasteiger partial charge is 0.408 e. The van der Waals surface area contributed by atoms with E-state index >= 15 is 0 Å². The van der Waals surface area contributed by atoms with E-state index in [4.69, 9.17) is 0 Å². The summed E-state index contributed by atoms with van der Waals surface area (Å²) in [7, 11) is 0. The molecule has 0 fully saturated rings. The number of allylic oxidation sites excluding steroid dienone is 1. The lowest BCUT2D eigenvalue weighted by molar-refractivity contribution is -0.138. The number of nitrogens with zero attached hydrogens (tertiary/aromatic N) is 3. The van der Waals surface area contributed by atoms with Gasteiger partial charge in [0.15, 0.2) is 5.82 Å². The number of aliphatic hydroxyl groups excluding tert-OH is 1. The standard InChI is InChI=1S/C15H19F6N5O/c1-7(15(19,20)21)22-13-24-12(9-3-2-4-10(27)11(9)18)25-14(26-13)23-8(5-16)6-17/h7-8,10,27H,2-6H2,1H3,(H2,22,23,24,25,26)/t7-,10?/m1/s1. The minimum Gasteiger partial charge on any atom is -0.386 e. The lowest BCUT2D eigenvalue weighted by Crippen LogP contribution is -2.34. The number of aromatic nitrogens is 3. The van der Waals surface area contributed by atoms with Gasteiger partial charge in [0.2, 0.25) is 11.9 Å². The number of halogens is 6. The van der Waals surface area contributed by atoms with E-state index in [1.54, 1.807) is 0 Å². The van der Waals surface area contributed by atoms with Crippen molar-refractivity contribution in [3.05, 3.63) is 11.7 Å². The lowest BCUT2D eigenvalue weighted by atomic mass is 9.96. The quantitative estimate of drug-likeness (QED) is 0.611. The molecule has 2 rings (SSSR count). The van der Waals surface area contributed by atoms with Crippen molar-refractivity contribution in [1.82, 2.24) is 15.0 Å². The number of rotatable bonds is 7. The van der Waals surface area contributed by atoms with Crippen LogP contribution in [-0.2, 0) is 0 Å². The summed E-state index contributed by atoms with van der Waals surface area (Å²) in [5.74, 6) is -2.14. The first-order chi connectivity index (χ1) is 12.7. The van der Waals surface area contributed by atoms with Crippen molar-refractivity contribution in [3.63, 3.8) is 0 Å². The minimum absolute atomic E-state index is 0.0843. The van der Waals surface area contributed by atoms with E-state index in [0.29, 0.717) is 6.42 Å². The van der Waals surface area contributed by atoms with Crippen molar-refractivity contribution in [2.75, 3.05) is 24.0 Å². The maximum absolute atomic E-state index is 14.2. The molecule has 0 amide bonds. The SMILES string of the molecule is C[C@@H](Nc1nc(NC(CF)CF)nc(C2=C(F)C(O)CCC2)n1)C(F)(F)F. The first-order valence-electron chi connectivity index (χ1n) is 8.20. The summed E-state index contributed by atoms with van der Waals surface area (Å²) in [5.41, 5.74) is -0.0843. The average molecular weight is 399 g/mol. The number of alkyl halides is 5. The summed E-state index contributed by atoms with van der Waals surface area (Å²) in [6, 6.07) is -3.35. The van der Waals surface area contributed by atoms with E-state index in [1.165, 1.54) is 0 Å². The Hall–Kier alpha value is -2.11. The highest BCUT2D eigenvalue weighted by molar-refractivity contribution is 5.65. The van der Waals surface area contributed by atoms with Gasteiger partial charge in [-0.2, -0.15) is 28.1 Å². The van der Waals surface area contributed by atoms with E-state index in [1.807, 2.05) is 5.32 Å². The van der Waals surface area contributed by atoms with Crippen LogP contribution in [0.3, 0.4) is 0 Å². The van der Waals surface area contributed by atoms with Gasteiger partial charge in [-0.15, -0.1) is 0 Å². The van der Waals surface area contributed by atoms with E-state index in [0.717, 1.165) is 6.92 Å². The van der Waals surface area contributed by atoms with E-state index in [-0.39, 0.29) is 24.2 Å². The Morgan fingerprint density at radius 3 is 2.26 bits per heavy atom. The van der Waals surface area contributed by atoms with Crippen LogP contribution in [0.1, 0.15) is 32.0 Å². The summed E-state index contributed by atoms with van der Waals surface area (Å²) < 4.78 is 78.0. The summed E-state index contributed by atoms with van der Waals surface area (Å²) in [4.78, 5) is 11.3. The Labute approximate surface area is 151 Å². The molecule has 2 atom stereocenters. The zero-order valence-electron chi connectivity index (χ0n) is 14.3. The third kappa shape index (κ3) is 5.44. The normalized spacial score (nSPS) is 19.4. The third-order valence-electron chi connectivity index (χ3n) is 3.93. The molecule has 0 radical (unpaired) electrons. The molecular weight excluding hydrogens is 380 g/mol. The van der Waals surface area contributed by atoms with Crippen LogP contribution in [0, 0.1) is 0 Å². The van der Waals surface area contributed by atoms with Gasteiger partial charge in [-0.3, -0.25) is 0 Å². The molecule has 0 saturated carbocycles. The Balaban J connectivity index is 2.43. The molecule has 0 bridgehead atoms. The van der Waals surface area contributed by atoms with Gasteiger partial charge in [0.25, 0.3) is 0 Å². The molecular formula is C15H19F6N5O. The van der Waals surface area contributed by atoms with Crippen LogP contribution in [-0.4, -0.2) is 57.8 Å². The maximum Gasteiger partial charge on any atom is 0.408 e. The molecule has 1 unspecified atom stereocenters. The van der Waals surface area contributed by atoms with Crippen molar-refractivity contribution in [1.29, 1.82) is 0 Å². The van der Waals surface area contributed by atoms with Crippen LogP contribution >= 0.6 is 0 Å². The van der Waals surface area contributed by atoms with Crippen molar-refractivity contribution >= 4 is 17.5 Å². The second kappa shape index (κ2) is 8.72. The van der Waals surface area contributed by atoms with Gasteiger partial charge in [-0.1, -0.05) is 0 Å². The second-order valence-corrected chi connectivity index (χ2v) is 6.10. The van der Waals surface area contributed by atoms with Crippen LogP contribution < -0.4 is 10.6 Å². The van der Waals surface area contributed by atoms with Crippen molar-refractivity contribution in [2.45, 2.75) is 50.6 Å². The van der Waals surface area contributed by atoms with Crippen molar-refractivity contribution < 1.29 is 31.4 Å². The molecule has 27 heavy (non-hydrogen) atoms. The molecule has 152 valence electrons. The van der Waals surface area contributed by atoms with Gasteiger partial charge >= 0.3 is 6.18 Å². The number of hydrogen-bond donors (Lipinski definition) is 3. The molecule has 3 N–H and O–H groups in total. The van der Waals surface area contributed by atoms with Gasteiger partial charge in [-0.05, 0) is 26.2 Å². The molecule has 1 aliphatic carbocycles. The van der Waals surface area contributed by atoms with Gasteiger partial charge in [0, 0.05) is 5.57 Å². The van der Waals surface area contributed by atoms with Crippen LogP contribution in [0.4, 0.5) is 38.2 Å². The highest BCUT2D eigenvalue weighted by Gasteiger charge is 2.36. The summed E-state index contributed by atoms with van der Waals surface area (Å²) in [6.07, 6.45) is -5.22. The third-order valence-corrected chi connectivity index (χ3v) is 3.93. The zero-order valence-corrected chi connectivity index (χ0v) is 14.3. The lowest BCUT2D eigenvalue weighted by Gasteiger charge is -2.21. The summed E-state index contributed by atoms with van der Waals surface area (Å²) in [5, 5.41) is 13.9. The minimum atomic E-state index is -4.60. The molecule has 12 heteroatoms. The Kier molecular flexibility index (Phi) is 6.84. The Morgan fingerprint density at radius 2 is 1.70 bits per heavy atom. The molecule has 1 aromatic heterocycles. The predicted molar refractivity (Wildman–Crippen MR) is 86.2 cm³/mol. The first kappa shape index (κ1) is 21.2. The van der Waals surface area contributed by atoms with Crippen LogP contribution in [0.2, 0.25) is 0 Å². The molecule has 1 heterocycles. The van der Waals surface area contributed by atoms with Crippen molar-refractivity contribution in [2.24, 2.45) is 0 Å². The topological polar surface area (TPSA) is 83.0 Å². The van der Waals surface area contributed by atoms with Gasteiger partial charge in [0.1, 0.15) is 31.3 Å². The molecule has 0 aliphatic heterocycles. The molecule has 6 nitrogen and oxygen atoms in total. The smallest absolute Gasteiger partial charge is 0.386 e. The van der Waals surface area contributed by atoms with Crippen molar-refractivity contribution in [3.8, 4) is 0 Å². The highest BCUT2D eigenvalue weighted by Crippen LogP contribution is 2.32. The zero-order chi connectivity index (χ0) is 20.2. The average Bonchev–Trinajstić information content (AvgIpc) is 2.61.